The lowest BCUT2D eigenvalue weighted by atomic mass is 9.84. The quantitative estimate of drug-likeness (QED) is 0.208. The van der Waals surface area contributed by atoms with E-state index in [1.807, 2.05) is 97.1 Å². The summed E-state index contributed by atoms with van der Waals surface area (Å²) in [5.41, 5.74) is 4.98. The van der Waals surface area contributed by atoms with Crippen molar-refractivity contribution in [1.29, 1.82) is 0 Å². The highest BCUT2D eigenvalue weighted by Crippen LogP contribution is 2.48. The Bertz CT molecular complexity index is 2780. The minimum Gasteiger partial charge on any atom is -0.463 e. The number of nitrogens with zero attached hydrogens (tertiary/aromatic N) is 1. The van der Waals surface area contributed by atoms with Gasteiger partial charge in [0, 0.05) is 27.5 Å². The highest BCUT2D eigenvalue weighted by atomic mass is 16.3. The number of rotatable bonds is 3. The summed E-state index contributed by atoms with van der Waals surface area (Å²) in [4.78, 5) is 4.80. The first-order valence-electron chi connectivity index (χ1n) is 17.1. The predicted octanol–water partition coefficient (Wildman–Crippen LogP) is 11.0. The van der Waals surface area contributed by atoms with E-state index in [-0.39, 0.29) is 51.7 Å². The standard InChI is InChI=1S/C39H23NO2/c1-2-12-25-24(11-1)21-22-31-33(23-41-38(25)31)37-28-15-5-3-13-26(28)36(27-14-4-6-16-29(27)37)30-17-7-8-18-32(30)39-40-34-19-9-10-20-35(34)42-39/h1-23H/i1D,2D,11D,12D,21D,22D,23D. The molecule has 0 radical (unpaired) electrons. The second-order valence-corrected chi connectivity index (χ2v) is 10.2. The summed E-state index contributed by atoms with van der Waals surface area (Å²) in [6.45, 7) is 0. The Labute approximate surface area is 251 Å². The second kappa shape index (κ2) is 8.92. The van der Waals surface area contributed by atoms with Crippen molar-refractivity contribution in [3.63, 3.8) is 0 Å². The molecule has 0 N–H and O–H groups in total. The van der Waals surface area contributed by atoms with Crippen LogP contribution in [0.2, 0.25) is 0 Å². The van der Waals surface area contributed by atoms with Crippen LogP contribution in [0.1, 0.15) is 9.60 Å². The molecular weight excluding hydrogens is 514 g/mol. The van der Waals surface area contributed by atoms with Crippen LogP contribution in [0.4, 0.5) is 0 Å². The molecule has 0 atom stereocenters. The first-order chi connectivity index (χ1) is 23.8. The van der Waals surface area contributed by atoms with Crippen molar-refractivity contribution in [3.8, 4) is 33.7 Å². The third-order valence-corrected chi connectivity index (χ3v) is 7.86. The van der Waals surface area contributed by atoms with Crippen LogP contribution in [0.3, 0.4) is 0 Å². The molecule has 196 valence electrons. The van der Waals surface area contributed by atoms with Crippen molar-refractivity contribution in [1.82, 2.24) is 4.98 Å². The van der Waals surface area contributed by atoms with Gasteiger partial charge in [0.1, 0.15) is 12.5 Å². The van der Waals surface area contributed by atoms with Crippen molar-refractivity contribution in [2.75, 3.05) is 0 Å². The Kier molecular flexibility index (Phi) is 3.65. The number of benzene rings is 7. The monoisotopic (exact) mass is 544 g/mol. The Morgan fingerprint density at radius 2 is 1.14 bits per heavy atom. The van der Waals surface area contributed by atoms with Crippen LogP contribution in [0.25, 0.3) is 88.1 Å². The van der Waals surface area contributed by atoms with E-state index in [1.54, 1.807) is 0 Å². The van der Waals surface area contributed by atoms with Crippen molar-refractivity contribution in [2.24, 2.45) is 0 Å². The topological polar surface area (TPSA) is 39.2 Å². The summed E-state index contributed by atoms with van der Waals surface area (Å²) in [6, 6.07) is 28.8. The summed E-state index contributed by atoms with van der Waals surface area (Å²) >= 11 is 0. The van der Waals surface area contributed by atoms with Crippen LogP contribution >= 0.6 is 0 Å². The van der Waals surface area contributed by atoms with Crippen molar-refractivity contribution < 1.29 is 18.4 Å². The van der Waals surface area contributed by atoms with Gasteiger partial charge in [-0.25, -0.2) is 4.98 Å². The molecule has 2 aromatic heterocycles. The molecule has 0 aliphatic carbocycles. The van der Waals surface area contributed by atoms with Gasteiger partial charge in [-0.05, 0) is 62.3 Å². The zero-order chi connectivity index (χ0) is 33.7. The summed E-state index contributed by atoms with van der Waals surface area (Å²) in [5, 5.41) is 3.33. The Hall–Kier alpha value is -5.67. The first-order valence-corrected chi connectivity index (χ1v) is 13.6. The van der Waals surface area contributed by atoms with E-state index in [9.17, 15) is 0 Å². The third-order valence-electron chi connectivity index (χ3n) is 7.86. The minimum absolute atomic E-state index is 0.0125. The molecule has 0 amide bonds. The van der Waals surface area contributed by atoms with Crippen LogP contribution in [-0.2, 0) is 0 Å². The zero-order valence-corrected chi connectivity index (χ0v) is 22.0. The van der Waals surface area contributed by atoms with E-state index in [0.717, 1.165) is 43.8 Å². The van der Waals surface area contributed by atoms with Crippen LogP contribution in [0, 0.1) is 0 Å². The molecule has 0 fully saturated rings. The zero-order valence-electron chi connectivity index (χ0n) is 29.0. The maximum atomic E-state index is 9.14. The highest BCUT2D eigenvalue weighted by Gasteiger charge is 2.22. The summed E-state index contributed by atoms with van der Waals surface area (Å²) in [6.07, 6.45) is -0.266. The van der Waals surface area contributed by atoms with E-state index in [4.69, 9.17) is 23.4 Å². The molecular formula is C39H23NO2. The smallest absolute Gasteiger partial charge is 0.227 e. The van der Waals surface area contributed by atoms with Gasteiger partial charge in [0.05, 0.1) is 14.5 Å². The molecule has 42 heavy (non-hydrogen) atoms. The molecule has 3 heteroatoms. The number of para-hydroxylation sites is 2. The van der Waals surface area contributed by atoms with Crippen molar-refractivity contribution in [2.45, 2.75) is 0 Å². The highest BCUT2D eigenvalue weighted by molar-refractivity contribution is 6.25. The molecule has 7 aromatic carbocycles. The Balaban J connectivity index is 1.42. The van der Waals surface area contributed by atoms with Gasteiger partial charge in [0.2, 0.25) is 5.89 Å². The van der Waals surface area contributed by atoms with Crippen molar-refractivity contribution in [3.05, 3.63) is 140 Å². The first kappa shape index (κ1) is 17.2. The van der Waals surface area contributed by atoms with E-state index in [2.05, 4.69) is 0 Å². The molecule has 9 rings (SSSR count). The van der Waals surface area contributed by atoms with Crippen molar-refractivity contribution >= 4 is 54.4 Å². The van der Waals surface area contributed by atoms with Crippen LogP contribution < -0.4 is 0 Å². The SMILES string of the molecule is [2H]c1oc2c(c([2H])c([2H])c3c([2H])c([2H])c([2H])c([2H])c32)c1-c1c2ccccc2c(-c2ccccc2-c2nc3ccccc3o2)c2ccccc12. The number of aromatic nitrogens is 1. The number of oxazole rings is 1. The predicted molar refractivity (Wildman–Crippen MR) is 173 cm³/mol. The van der Waals surface area contributed by atoms with Crippen LogP contribution in [-0.4, -0.2) is 4.98 Å². The molecule has 0 aliphatic heterocycles. The van der Waals surface area contributed by atoms with Gasteiger partial charge in [0.25, 0.3) is 0 Å². The number of hydrogen-bond acceptors (Lipinski definition) is 3. The fraction of sp³-hybridized carbons (Fsp3) is 0. The largest absolute Gasteiger partial charge is 0.463 e. The average molecular weight is 545 g/mol. The Morgan fingerprint density at radius 1 is 0.524 bits per heavy atom. The van der Waals surface area contributed by atoms with E-state index in [0.29, 0.717) is 17.0 Å². The molecule has 0 saturated heterocycles. The fourth-order valence-electron chi connectivity index (χ4n) is 6.05. The van der Waals surface area contributed by atoms with Crippen LogP contribution in [0.5, 0.6) is 0 Å². The second-order valence-electron chi connectivity index (χ2n) is 10.2. The van der Waals surface area contributed by atoms with E-state index >= 15 is 0 Å². The van der Waals surface area contributed by atoms with Gasteiger partial charge < -0.3 is 8.83 Å². The van der Waals surface area contributed by atoms with Gasteiger partial charge in [-0.1, -0.05) is 109 Å². The molecule has 9 aromatic rings. The lowest BCUT2D eigenvalue weighted by Crippen LogP contribution is -1.92. The number of fused-ring (bicyclic) bond motifs is 6. The minimum atomic E-state index is -0.492. The lowest BCUT2D eigenvalue weighted by Gasteiger charge is -2.18. The maximum absolute atomic E-state index is 9.14. The molecule has 0 saturated carbocycles. The number of hydrogen-bond donors (Lipinski definition) is 0. The number of furan rings is 1. The van der Waals surface area contributed by atoms with E-state index < -0.39 is 18.1 Å². The fourth-order valence-corrected chi connectivity index (χ4v) is 6.05. The molecule has 0 bridgehead atoms. The lowest BCUT2D eigenvalue weighted by molar-refractivity contribution is 0.620. The third kappa shape index (κ3) is 3.31. The average Bonchev–Trinajstić information content (AvgIpc) is 3.71. The molecule has 3 nitrogen and oxygen atoms in total. The van der Waals surface area contributed by atoms with Gasteiger partial charge in [-0.2, -0.15) is 0 Å². The van der Waals surface area contributed by atoms with E-state index in [1.165, 1.54) is 0 Å². The summed E-state index contributed by atoms with van der Waals surface area (Å²) < 4.78 is 73.2. The van der Waals surface area contributed by atoms with Gasteiger partial charge in [0.15, 0.2) is 5.58 Å². The van der Waals surface area contributed by atoms with Gasteiger partial charge in [-0.3, -0.25) is 0 Å². The normalized spacial score (nSPS) is 14.1. The maximum Gasteiger partial charge on any atom is 0.227 e. The molecule has 0 spiro atoms. The molecule has 0 aliphatic rings. The summed E-state index contributed by atoms with van der Waals surface area (Å²) in [5.74, 6) is 0.488. The summed E-state index contributed by atoms with van der Waals surface area (Å²) in [7, 11) is 0. The van der Waals surface area contributed by atoms with Crippen LogP contribution in [0.15, 0.2) is 148 Å². The molecule has 2 heterocycles. The Morgan fingerprint density at radius 3 is 1.88 bits per heavy atom. The molecule has 0 unspecified atom stereocenters. The van der Waals surface area contributed by atoms with Gasteiger partial charge in [-0.15, -0.1) is 0 Å². The van der Waals surface area contributed by atoms with Gasteiger partial charge >= 0.3 is 0 Å².